The molecule has 2 atom stereocenters. The van der Waals surface area contributed by atoms with Crippen molar-refractivity contribution in [1.29, 1.82) is 0 Å². The summed E-state index contributed by atoms with van der Waals surface area (Å²) in [6, 6.07) is 0.907. The van der Waals surface area contributed by atoms with Crippen LogP contribution < -0.4 is 5.32 Å². The zero-order valence-electron chi connectivity index (χ0n) is 11.2. The van der Waals surface area contributed by atoms with Crippen LogP contribution in [0.3, 0.4) is 0 Å². The van der Waals surface area contributed by atoms with Gasteiger partial charge in [-0.2, -0.15) is 4.98 Å². The monoisotopic (exact) mass is 250 g/mol. The van der Waals surface area contributed by atoms with Gasteiger partial charge in [0.2, 0.25) is 5.89 Å². The van der Waals surface area contributed by atoms with Crippen molar-refractivity contribution in [2.45, 2.75) is 51.1 Å². The molecule has 0 aromatic carbocycles. The number of rotatable bonds is 3. The summed E-state index contributed by atoms with van der Waals surface area (Å²) < 4.78 is 5.46. The van der Waals surface area contributed by atoms with Gasteiger partial charge in [0.25, 0.3) is 0 Å². The van der Waals surface area contributed by atoms with Gasteiger partial charge < -0.3 is 9.84 Å². The molecule has 0 saturated carbocycles. The highest BCUT2D eigenvalue weighted by molar-refractivity contribution is 5.03. The van der Waals surface area contributed by atoms with Gasteiger partial charge in [0.1, 0.15) is 0 Å². The van der Waals surface area contributed by atoms with Crippen LogP contribution in [0.25, 0.3) is 0 Å². The van der Waals surface area contributed by atoms with Crippen molar-refractivity contribution in [2.75, 3.05) is 19.6 Å². The highest BCUT2D eigenvalue weighted by Gasteiger charge is 2.32. The van der Waals surface area contributed by atoms with Crippen LogP contribution in [-0.2, 0) is 0 Å². The molecule has 0 spiro atoms. The lowest BCUT2D eigenvalue weighted by Gasteiger charge is -2.25. The summed E-state index contributed by atoms with van der Waals surface area (Å²) in [6.07, 6.45) is 3.50. The molecule has 5 nitrogen and oxygen atoms in total. The summed E-state index contributed by atoms with van der Waals surface area (Å²) in [6.45, 7) is 7.65. The molecule has 0 amide bonds. The average molecular weight is 250 g/mol. The minimum atomic E-state index is 0.358. The molecule has 2 saturated heterocycles. The number of likely N-dealkylation sites (tertiary alicyclic amines) is 1. The van der Waals surface area contributed by atoms with Gasteiger partial charge in [0, 0.05) is 12.6 Å². The predicted octanol–water partition coefficient (Wildman–Crippen LogP) is 1.69. The fourth-order valence-electron chi connectivity index (χ4n) is 3.10. The first-order chi connectivity index (χ1) is 8.75. The molecule has 5 heteroatoms. The van der Waals surface area contributed by atoms with Crippen molar-refractivity contribution < 1.29 is 4.52 Å². The number of aromatic nitrogens is 2. The molecular weight excluding hydrogens is 228 g/mol. The lowest BCUT2D eigenvalue weighted by Crippen LogP contribution is -2.30. The van der Waals surface area contributed by atoms with Gasteiger partial charge in [-0.05, 0) is 46.2 Å². The molecule has 18 heavy (non-hydrogen) atoms. The lowest BCUT2D eigenvalue weighted by atomic mass is 10.1. The molecule has 0 bridgehead atoms. The normalized spacial score (nSPS) is 29.5. The van der Waals surface area contributed by atoms with E-state index in [-0.39, 0.29) is 0 Å². The minimum absolute atomic E-state index is 0.358. The number of hydrogen-bond acceptors (Lipinski definition) is 5. The average Bonchev–Trinajstić information content (AvgIpc) is 3.10. The Kier molecular flexibility index (Phi) is 3.35. The van der Waals surface area contributed by atoms with E-state index in [0.717, 1.165) is 44.2 Å². The Balaban J connectivity index is 1.76. The molecule has 2 aliphatic rings. The summed E-state index contributed by atoms with van der Waals surface area (Å²) in [5, 5.41) is 7.56. The van der Waals surface area contributed by atoms with E-state index in [1.807, 2.05) is 0 Å². The first-order valence-corrected chi connectivity index (χ1v) is 7.05. The Morgan fingerprint density at radius 3 is 3.00 bits per heavy atom. The largest absolute Gasteiger partial charge is 0.339 e. The molecule has 0 radical (unpaired) electrons. The Morgan fingerprint density at radius 2 is 2.28 bits per heavy atom. The molecule has 3 rings (SSSR count). The van der Waals surface area contributed by atoms with Crippen LogP contribution in [0.2, 0.25) is 0 Å². The van der Waals surface area contributed by atoms with Crippen LogP contribution in [0, 0.1) is 0 Å². The smallest absolute Gasteiger partial charge is 0.231 e. The molecular formula is C13H22N4O. The van der Waals surface area contributed by atoms with Gasteiger partial charge >= 0.3 is 0 Å². The Labute approximate surface area is 108 Å². The summed E-state index contributed by atoms with van der Waals surface area (Å²) >= 11 is 0. The molecule has 0 aliphatic carbocycles. The molecule has 1 N–H and O–H groups in total. The lowest BCUT2D eigenvalue weighted by molar-refractivity contribution is 0.195. The number of nitrogens with one attached hydrogen (secondary N) is 1. The van der Waals surface area contributed by atoms with Crippen LogP contribution in [0.4, 0.5) is 0 Å². The van der Waals surface area contributed by atoms with Gasteiger partial charge in [-0.1, -0.05) is 5.16 Å². The van der Waals surface area contributed by atoms with Gasteiger partial charge in [-0.15, -0.1) is 0 Å². The second-order valence-electron chi connectivity index (χ2n) is 5.67. The predicted molar refractivity (Wildman–Crippen MR) is 68.3 cm³/mol. The topological polar surface area (TPSA) is 54.2 Å². The highest BCUT2D eigenvalue weighted by Crippen LogP contribution is 2.32. The third-order valence-electron chi connectivity index (χ3n) is 4.12. The van der Waals surface area contributed by atoms with Gasteiger partial charge in [0.05, 0.1) is 12.0 Å². The molecule has 2 aliphatic heterocycles. The van der Waals surface area contributed by atoms with Crippen molar-refractivity contribution in [3.05, 3.63) is 11.7 Å². The maximum absolute atomic E-state index is 5.46. The molecule has 2 unspecified atom stereocenters. The van der Waals surface area contributed by atoms with Gasteiger partial charge in [-0.3, -0.25) is 4.90 Å². The van der Waals surface area contributed by atoms with E-state index in [9.17, 15) is 0 Å². The van der Waals surface area contributed by atoms with E-state index >= 15 is 0 Å². The van der Waals surface area contributed by atoms with Crippen molar-refractivity contribution in [3.8, 4) is 0 Å². The van der Waals surface area contributed by atoms with E-state index in [1.165, 1.54) is 6.42 Å². The van der Waals surface area contributed by atoms with Crippen LogP contribution in [-0.4, -0.2) is 40.7 Å². The summed E-state index contributed by atoms with van der Waals surface area (Å²) in [5.41, 5.74) is 0. The third kappa shape index (κ3) is 2.17. The first-order valence-electron chi connectivity index (χ1n) is 7.05. The van der Waals surface area contributed by atoms with Crippen LogP contribution >= 0.6 is 0 Å². The summed E-state index contributed by atoms with van der Waals surface area (Å²) in [7, 11) is 0. The van der Waals surface area contributed by atoms with Gasteiger partial charge in [0.15, 0.2) is 5.82 Å². The standard InChI is InChI=1S/C13H22N4O/c1-9(2)17-7-3-4-11(17)12-15-13(18-16-12)10-5-6-14-8-10/h9-11,14H,3-8H2,1-2H3. The summed E-state index contributed by atoms with van der Waals surface area (Å²) in [5.74, 6) is 2.13. The molecule has 2 fully saturated rings. The Bertz CT molecular complexity index is 397. The second kappa shape index (κ2) is 4.97. The molecule has 1 aromatic heterocycles. The maximum Gasteiger partial charge on any atom is 0.231 e. The quantitative estimate of drug-likeness (QED) is 0.884. The number of nitrogens with zero attached hydrogens (tertiary/aromatic N) is 3. The van der Waals surface area contributed by atoms with Crippen molar-refractivity contribution in [1.82, 2.24) is 20.4 Å². The second-order valence-corrected chi connectivity index (χ2v) is 5.67. The highest BCUT2D eigenvalue weighted by atomic mass is 16.5. The van der Waals surface area contributed by atoms with E-state index in [4.69, 9.17) is 4.52 Å². The van der Waals surface area contributed by atoms with E-state index in [1.54, 1.807) is 0 Å². The molecule has 3 heterocycles. The zero-order valence-corrected chi connectivity index (χ0v) is 11.2. The molecule has 1 aromatic rings. The fourth-order valence-corrected chi connectivity index (χ4v) is 3.10. The van der Waals surface area contributed by atoms with E-state index in [2.05, 4.69) is 34.2 Å². The molecule has 100 valence electrons. The Morgan fingerprint density at radius 1 is 1.39 bits per heavy atom. The maximum atomic E-state index is 5.46. The first kappa shape index (κ1) is 12.1. The Hall–Kier alpha value is -0.940. The van der Waals surface area contributed by atoms with Crippen molar-refractivity contribution >= 4 is 0 Å². The van der Waals surface area contributed by atoms with Crippen molar-refractivity contribution in [3.63, 3.8) is 0 Å². The van der Waals surface area contributed by atoms with Crippen LogP contribution in [0.1, 0.15) is 56.8 Å². The van der Waals surface area contributed by atoms with E-state index < -0.39 is 0 Å². The number of hydrogen-bond donors (Lipinski definition) is 1. The van der Waals surface area contributed by atoms with Crippen molar-refractivity contribution in [2.24, 2.45) is 0 Å². The van der Waals surface area contributed by atoms with E-state index in [0.29, 0.717) is 18.0 Å². The van der Waals surface area contributed by atoms with Crippen LogP contribution in [0.15, 0.2) is 4.52 Å². The summed E-state index contributed by atoms with van der Waals surface area (Å²) in [4.78, 5) is 7.12. The van der Waals surface area contributed by atoms with Gasteiger partial charge in [-0.25, -0.2) is 0 Å². The SMILES string of the molecule is CC(C)N1CCCC1c1noc(C2CCNC2)n1. The van der Waals surface area contributed by atoms with Crippen LogP contribution in [0.5, 0.6) is 0 Å². The third-order valence-corrected chi connectivity index (χ3v) is 4.12. The minimum Gasteiger partial charge on any atom is -0.339 e. The zero-order chi connectivity index (χ0) is 12.5. The fraction of sp³-hybridized carbons (Fsp3) is 0.846.